The highest BCUT2D eigenvalue weighted by Crippen LogP contribution is 2.32. The minimum Gasteiger partial charge on any atom is -0.379 e. The molecular formula is C18H23ClN2O2S2. The Balaban J connectivity index is 1.71. The van der Waals surface area contributed by atoms with Crippen LogP contribution in [0, 0.1) is 0 Å². The summed E-state index contributed by atoms with van der Waals surface area (Å²) in [4.78, 5) is 3.03. The van der Waals surface area contributed by atoms with Gasteiger partial charge in [0.15, 0.2) is 0 Å². The van der Waals surface area contributed by atoms with Crippen LogP contribution in [0.4, 0.5) is 5.69 Å². The van der Waals surface area contributed by atoms with Crippen LogP contribution in [0.15, 0.2) is 29.2 Å². The molecule has 25 heavy (non-hydrogen) atoms. The number of benzene rings is 1. The number of rotatable bonds is 7. The monoisotopic (exact) mass is 398 g/mol. The van der Waals surface area contributed by atoms with Crippen LogP contribution in [0.2, 0.25) is 5.02 Å². The highest BCUT2D eigenvalue weighted by atomic mass is 35.5. The van der Waals surface area contributed by atoms with Crippen molar-refractivity contribution in [3.63, 3.8) is 0 Å². The van der Waals surface area contributed by atoms with Crippen LogP contribution >= 0.6 is 22.9 Å². The molecule has 0 spiro atoms. The quantitative estimate of drug-likeness (QED) is 0.745. The summed E-state index contributed by atoms with van der Waals surface area (Å²) in [5, 5.41) is 3.75. The van der Waals surface area contributed by atoms with E-state index in [4.69, 9.17) is 11.6 Å². The highest BCUT2D eigenvalue weighted by molar-refractivity contribution is 7.89. The Bertz CT molecular complexity index is 840. The summed E-state index contributed by atoms with van der Waals surface area (Å²) < 4.78 is 26.3. The molecule has 136 valence electrons. The summed E-state index contributed by atoms with van der Waals surface area (Å²) in [5.74, 6) is 0. The number of fused-ring (bicyclic) bond motifs is 1. The van der Waals surface area contributed by atoms with Crippen LogP contribution in [0.1, 0.15) is 35.1 Å². The van der Waals surface area contributed by atoms with Gasteiger partial charge in [-0.3, -0.25) is 0 Å². The summed E-state index contributed by atoms with van der Waals surface area (Å²) >= 11 is 8.17. The Morgan fingerprint density at radius 3 is 2.76 bits per heavy atom. The van der Waals surface area contributed by atoms with Crippen molar-refractivity contribution in [1.82, 2.24) is 4.31 Å². The van der Waals surface area contributed by atoms with Crippen LogP contribution in [0.25, 0.3) is 0 Å². The maximum absolute atomic E-state index is 12.5. The van der Waals surface area contributed by atoms with E-state index in [2.05, 4.69) is 11.4 Å². The van der Waals surface area contributed by atoms with Gasteiger partial charge in [-0.05, 0) is 55.5 Å². The van der Waals surface area contributed by atoms with Gasteiger partial charge in [0.05, 0.1) is 15.6 Å². The van der Waals surface area contributed by atoms with Crippen molar-refractivity contribution in [2.75, 3.05) is 18.9 Å². The minimum atomic E-state index is -3.48. The van der Waals surface area contributed by atoms with Crippen molar-refractivity contribution in [2.45, 2.75) is 44.0 Å². The molecule has 7 heteroatoms. The van der Waals surface area contributed by atoms with Gasteiger partial charge in [-0.2, -0.15) is 0 Å². The summed E-state index contributed by atoms with van der Waals surface area (Å²) in [7, 11) is -1.89. The molecule has 0 saturated heterocycles. The van der Waals surface area contributed by atoms with Crippen LogP contribution in [0.5, 0.6) is 0 Å². The molecule has 4 nitrogen and oxygen atoms in total. The first-order chi connectivity index (χ1) is 11.9. The second-order valence-electron chi connectivity index (χ2n) is 6.34. The predicted molar refractivity (Wildman–Crippen MR) is 105 cm³/mol. The number of hydrogen-bond donors (Lipinski definition) is 1. The fourth-order valence-corrected chi connectivity index (χ4v) is 5.88. The van der Waals surface area contributed by atoms with Crippen LogP contribution in [-0.2, 0) is 29.4 Å². The first kappa shape index (κ1) is 18.7. The molecule has 1 aromatic heterocycles. The zero-order valence-electron chi connectivity index (χ0n) is 14.5. The standard InChI is InChI=1S/C18H23ClN2O2S2/c1-3-9-21(2)25(22,23)15-7-8-17(16(19)11-15)20-12-14-10-13-5-4-6-18(13)24-14/h7-8,10-11,20H,3-6,9,12H2,1-2H3. The van der Waals surface area contributed by atoms with E-state index in [0.29, 0.717) is 18.1 Å². The Morgan fingerprint density at radius 2 is 2.08 bits per heavy atom. The third-order valence-corrected chi connectivity index (χ3v) is 7.84. The molecule has 0 bridgehead atoms. The Morgan fingerprint density at radius 1 is 1.28 bits per heavy atom. The fraction of sp³-hybridized carbons (Fsp3) is 0.444. The van der Waals surface area contributed by atoms with Crippen molar-refractivity contribution in [3.8, 4) is 0 Å². The van der Waals surface area contributed by atoms with Crippen molar-refractivity contribution < 1.29 is 8.42 Å². The number of halogens is 1. The normalized spacial score (nSPS) is 14.1. The third kappa shape index (κ3) is 4.03. The van der Waals surface area contributed by atoms with E-state index in [0.717, 1.165) is 12.1 Å². The number of sulfonamides is 1. The van der Waals surface area contributed by atoms with Crippen molar-refractivity contribution >= 4 is 38.6 Å². The topological polar surface area (TPSA) is 49.4 Å². The number of nitrogens with zero attached hydrogens (tertiary/aromatic N) is 1. The lowest BCUT2D eigenvalue weighted by atomic mass is 10.2. The SMILES string of the molecule is CCCN(C)S(=O)(=O)c1ccc(NCc2cc3c(s2)CCC3)c(Cl)c1. The van der Waals surface area contributed by atoms with Gasteiger partial charge in [-0.25, -0.2) is 12.7 Å². The minimum absolute atomic E-state index is 0.231. The lowest BCUT2D eigenvalue weighted by molar-refractivity contribution is 0.468. The molecule has 1 N–H and O–H groups in total. The van der Waals surface area contributed by atoms with E-state index in [9.17, 15) is 8.42 Å². The molecule has 0 fully saturated rings. The van der Waals surface area contributed by atoms with Gasteiger partial charge < -0.3 is 5.32 Å². The van der Waals surface area contributed by atoms with Crippen LogP contribution in [0.3, 0.4) is 0 Å². The van der Waals surface area contributed by atoms with Crippen LogP contribution in [-0.4, -0.2) is 26.3 Å². The lowest BCUT2D eigenvalue weighted by Crippen LogP contribution is -2.27. The summed E-state index contributed by atoms with van der Waals surface area (Å²) in [5.41, 5.74) is 2.24. The van der Waals surface area contributed by atoms with Crippen molar-refractivity contribution in [1.29, 1.82) is 0 Å². The van der Waals surface area contributed by atoms with Gasteiger partial charge in [0.1, 0.15) is 0 Å². The van der Waals surface area contributed by atoms with Crippen molar-refractivity contribution in [2.24, 2.45) is 0 Å². The molecule has 0 aliphatic heterocycles. The lowest BCUT2D eigenvalue weighted by Gasteiger charge is -2.17. The molecule has 3 rings (SSSR count). The smallest absolute Gasteiger partial charge is 0.242 e. The number of thiophene rings is 1. The van der Waals surface area contributed by atoms with E-state index in [-0.39, 0.29) is 4.90 Å². The van der Waals surface area contributed by atoms with Crippen LogP contribution < -0.4 is 5.32 Å². The maximum Gasteiger partial charge on any atom is 0.242 e. The van der Waals surface area contributed by atoms with Crippen molar-refractivity contribution in [3.05, 3.63) is 44.6 Å². The molecule has 1 heterocycles. The summed E-state index contributed by atoms with van der Waals surface area (Å²) in [6.07, 6.45) is 4.42. The molecule has 0 radical (unpaired) electrons. The van der Waals surface area contributed by atoms with E-state index < -0.39 is 10.0 Å². The number of aryl methyl sites for hydroxylation is 2. The second-order valence-corrected chi connectivity index (χ2v) is 10.0. The van der Waals surface area contributed by atoms with Gasteiger partial charge in [-0.15, -0.1) is 11.3 Å². The molecule has 0 saturated carbocycles. The Labute approximate surface area is 158 Å². The van der Waals surface area contributed by atoms with E-state index in [1.54, 1.807) is 19.2 Å². The average molecular weight is 399 g/mol. The zero-order valence-corrected chi connectivity index (χ0v) is 16.9. The first-order valence-electron chi connectivity index (χ1n) is 8.52. The third-order valence-electron chi connectivity index (χ3n) is 4.44. The second kappa shape index (κ2) is 7.66. The molecule has 0 atom stereocenters. The molecule has 1 aliphatic carbocycles. The number of nitrogens with one attached hydrogen (secondary N) is 1. The number of hydrogen-bond acceptors (Lipinski definition) is 4. The van der Waals surface area contributed by atoms with Gasteiger partial charge in [0.2, 0.25) is 10.0 Å². The average Bonchev–Trinajstić information content (AvgIpc) is 3.15. The van der Waals surface area contributed by atoms with E-state index >= 15 is 0 Å². The fourth-order valence-electron chi connectivity index (χ4n) is 3.07. The molecular weight excluding hydrogens is 376 g/mol. The van der Waals surface area contributed by atoms with Gasteiger partial charge in [0.25, 0.3) is 0 Å². The molecule has 2 aromatic rings. The zero-order chi connectivity index (χ0) is 18.0. The molecule has 1 aromatic carbocycles. The largest absolute Gasteiger partial charge is 0.379 e. The number of anilines is 1. The summed E-state index contributed by atoms with van der Waals surface area (Å²) in [6.45, 7) is 3.15. The molecule has 1 aliphatic rings. The Kier molecular flexibility index (Phi) is 5.73. The van der Waals surface area contributed by atoms with Gasteiger partial charge >= 0.3 is 0 Å². The van der Waals surface area contributed by atoms with Gasteiger partial charge in [-0.1, -0.05) is 18.5 Å². The maximum atomic E-state index is 12.5. The molecule has 0 amide bonds. The van der Waals surface area contributed by atoms with E-state index in [1.807, 2.05) is 18.3 Å². The first-order valence-corrected chi connectivity index (χ1v) is 11.2. The molecule has 0 unspecified atom stereocenters. The predicted octanol–water partition coefficient (Wildman–Crippen LogP) is 4.53. The van der Waals surface area contributed by atoms with Gasteiger partial charge in [0, 0.05) is 29.9 Å². The highest BCUT2D eigenvalue weighted by Gasteiger charge is 2.21. The van der Waals surface area contributed by atoms with E-state index in [1.165, 1.54) is 45.0 Å². The summed E-state index contributed by atoms with van der Waals surface area (Å²) in [6, 6.07) is 7.16. The Hall–Kier alpha value is -1.08.